The molecule has 11 heavy (non-hydrogen) atoms. The highest BCUT2D eigenvalue weighted by atomic mass is 15.2. The number of nitrogens with zero attached hydrogens (tertiary/aromatic N) is 1. The average molecular weight is 154 g/mol. The maximum Gasteiger partial charge on any atom is 0.118 e. The van der Waals surface area contributed by atoms with Crippen molar-refractivity contribution in [3.8, 4) is 0 Å². The molecule has 2 atom stereocenters. The molecule has 1 aliphatic heterocycles. The second kappa shape index (κ2) is 2.62. The minimum Gasteiger partial charge on any atom is -0.321 e. The van der Waals surface area contributed by atoms with E-state index in [1.54, 1.807) is 11.9 Å². The Balaban J connectivity index is 2.79. The molecule has 4 N–H and O–H groups in total. The summed E-state index contributed by atoms with van der Waals surface area (Å²) in [6.07, 6.45) is 0.724. The molecule has 1 rings (SSSR count). The van der Waals surface area contributed by atoms with Crippen LogP contribution < -0.4 is 5.73 Å². The Kier molecular flexibility index (Phi) is 1.95. The van der Waals surface area contributed by atoms with Crippen LogP contribution in [-0.2, 0) is 0 Å². The molecule has 4 heteroatoms. The van der Waals surface area contributed by atoms with Crippen molar-refractivity contribution >= 4 is 11.7 Å². The van der Waals surface area contributed by atoms with Crippen LogP contribution in [0.1, 0.15) is 13.3 Å². The molecule has 0 radical (unpaired) electrons. The Morgan fingerprint density at radius 2 is 2.00 bits per heavy atom. The van der Waals surface area contributed by atoms with Gasteiger partial charge in [-0.3, -0.25) is 10.8 Å². The Labute approximate surface area is 66.4 Å². The van der Waals surface area contributed by atoms with Crippen LogP contribution in [0.5, 0.6) is 0 Å². The fourth-order valence-corrected chi connectivity index (χ4v) is 1.31. The third-order valence-electron chi connectivity index (χ3n) is 2.15. The molecule has 1 saturated heterocycles. The molecule has 0 aromatic heterocycles. The lowest BCUT2D eigenvalue weighted by atomic mass is 9.95. The van der Waals surface area contributed by atoms with Crippen molar-refractivity contribution in [2.24, 2.45) is 11.7 Å². The Morgan fingerprint density at radius 1 is 1.45 bits per heavy atom. The van der Waals surface area contributed by atoms with Crippen LogP contribution >= 0.6 is 0 Å². The van der Waals surface area contributed by atoms with Crippen LogP contribution in [0.2, 0.25) is 0 Å². The first kappa shape index (κ1) is 8.20. The van der Waals surface area contributed by atoms with Crippen molar-refractivity contribution < 1.29 is 0 Å². The lowest BCUT2D eigenvalue weighted by molar-refractivity contribution is 0.503. The zero-order chi connectivity index (χ0) is 8.59. The topological polar surface area (TPSA) is 77.0 Å². The van der Waals surface area contributed by atoms with Gasteiger partial charge in [-0.2, -0.15) is 0 Å². The summed E-state index contributed by atoms with van der Waals surface area (Å²) in [7, 11) is 1.72. The summed E-state index contributed by atoms with van der Waals surface area (Å²) in [5.74, 6) is 1.04. The van der Waals surface area contributed by atoms with Crippen molar-refractivity contribution in [2.45, 2.75) is 19.4 Å². The molecule has 0 aromatic rings. The van der Waals surface area contributed by atoms with Crippen LogP contribution in [0, 0.1) is 16.7 Å². The first-order valence-electron chi connectivity index (χ1n) is 3.70. The summed E-state index contributed by atoms with van der Waals surface area (Å²) in [6.45, 7) is 1.96. The molecule has 2 unspecified atom stereocenters. The van der Waals surface area contributed by atoms with Gasteiger partial charge in [0.1, 0.15) is 11.7 Å². The summed E-state index contributed by atoms with van der Waals surface area (Å²) in [5.41, 5.74) is 5.66. The average Bonchev–Trinajstić information content (AvgIpc) is 1.97. The van der Waals surface area contributed by atoms with Gasteiger partial charge in [0, 0.05) is 13.0 Å². The standard InChI is InChI=1S/C7H14N4/c1-4-3-5(8)7(10)11(2)6(4)9/h4-5,9-10H,3,8H2,1-2H3. The molecule has 0 bridgehead atoms. The molecule has 0 aliphatic carbocycles. The predicted molar refractivity (Wildman–Crippen MR) is 45.0 cm³/mol. The quantitative estimate of drug-likeness (QED) is 0.467. The number of hydrogen-bond acceptors (Lipinski definition) is 3. The van der Waals surface area contributed by atoms with Crippen molar-refractivity contribution in [3.05, 3.63) is 0 Å². The summed E-state index contributed by atoms with van der Waals surface area (Å²) >= 11 is 0. The van der Waals surface area contributed by atoms with Crippen LogP contribution in [-0.4, -0.2) is 29.7 Å². The van der Waals surface area contributed by atoms with Crippen LogP contribution in [0.3, 0.4) is 0 Å². The molecule has 0 aromatic carbocycles. The van der Waals surface area contributed by atoms with E-state index in [0.29, 0.717) is 11.7 Å². The molecule has 0 saturated carbocycles. The molecule has 0 amide bonds. The number of amidine groups is 2. The van der Waals surface area contributed by atoms with E-state index in [1.807, 2.05) is 6.92 Å². The van der Waals surface area contributed by atoms with E-state index >= 15 is 0 Å². The molecule has 4 nitrogen and oxygen atoms in total. The number of piperidine rings is 1. The van der Waals surface area contributed by atoms with Gasteiger partial charge in [-0.1, -0.05) is 6.92 Å². The molecule has 62 valence electrons. The van der Waals surface area contributed by atoms with Gasteiger partial charge < -0.3 is 10.6 Å². The van der Waals surface area contributed by atoms with Crippen molar-refractivity contribution in [1.82, 2.24) is 4.90 Å². The highest BCUT2D eigenvalue weighted by Gasteiger charge is 2.28. The molecular formula is C7H14N4. The Bertz CT molecular complexity index is 179. The van der Waals surface area contributed by atoms with Gasteiger partial charge in [0.15, 0.2) is 0 Å². The van der Waals surface area contributed by atoms with Crippen LogP contribution in [0.25, 0.3) is 0 Å². The molecular weight excluding hydrogens is 140 g/mol. The summed E-state index contributed by atoms with van der Waals surface area (Å²) in [6, 6.07) is -0.191. The minimum absolute atomic E-state index is 0.184. The van der Waals surface area contributed by atoms with Crippen molar-refractivity contribution in [1.29, 1.82) is 10.8 Å². The maximum absolute atomic E-state index is 7.55. The largest absolute Gasteiger partial charge is 0.321 e. The third kappa shape index (κ3) is 1.26. The first-order chi connectivity index (χ1) is 5.04. The van der Waals surface area contributed by atoms with Gasteiger partial charge in [-0.15, -0.1) is 0 Å². The monoisotopic (exact) mass is 154 g/mol. The SMILES string of the molecule is CC1CC(N)C(=N)N(C)C1=N. The number of nitrogens with one attached hydrogen (secondary N) is 2. The number of rotatable bonds is 0. The van der Waals surface area contributed by atoms with E-state index in [1.165, 1.54) is 0 Å². The van der Waals surface area contributed by atoms with E-state index in [0.717, 1.165) is 6.42 Å². The molecule has 0 spiro atoms. The summed E-state index contributed by atoms with van der Waals surface area (Å²) < 4.78 is 0. The van der Waals surface area contributed by atoms with E-state index < -0.39 is 0 Å². The zero-order valence-electron chi connectivity index (χ0n) is 6.89. The zero-order valence-corrected chi connectivity index (χ0v) is 6.89. The smallest absolute Gasteiger partial charge is 0.118 e. The van der Waals surface area contributed by atoms with Crippen LogP contribution in [0.4, 0.5) is 0 Å². The van der Waals surface area contributed by atoms with E-state index in [9.17, 15) is 0 Å². The fraction of sp³-hybridized carbons (Fsp3) is 0.714. The predicted octanol–water partition coefficient (Wildman–Crippen LogP) is 0.240. The fourth-order valence-electron chi connectivity index (χ4n) is 1.31. The van der Waals surface area contributed by atoms with Crippen molar-refractivity contribution in [2.75, 3.05) is 7.05 Å². The van der Waals surface area contributed by atoms with Gasteiger partial charge in [0.2, 0.25) is 0 Å². The first-order valence-corrected chi connectivity index (χ1v) is 3.70. The molecule has 1 fully saturated rings. The highest BCUT2D eigenvalue weighted by Crippen LogP contribution is 2.16. The van der Waals surface area contributed by atoms with Gasteiger partial charge in [-0.05, 0) is 6.42 Å². The second-order valence-electron chi connectivity index (χ2n) is 3.07. The number of likely N-dealkylation sites (N-methyl/N-ethyl adjacent to an activating group) is 1. The number of hydrogen-bond donors (Lipinski definition) is 3. The minimum atomic E-state index is -0.191. The molecule has 1 heterocycles. The lowest BCUT2D eigenvalue weighted by Crippen LogP contribution is -2.51. The Hall–Kier alpha value is -0.900. The van der Waals surface area contributed by atoms with E-state index in [-0.39, 0.29) is 12.0 Å². The highest BCUT2D eigenvalue weighted by molar-refractivity contribution is 6.03. The normalized spacial score (nSPS) is 32.8. The van der Waals surface area contributed by atoms with Gasteiger partial charge in [0.05, 0.1) is 6.04 Å². The summed E-state index contributed by atoms with van der Waals surface area (Å²) in [4.78, 5) is 1.55. The van der Waals surface area contributed by atoms with Gasteiger partial charge in [-0.25, -0.2) is 0 Å². The maximum atomic E-state index is 7.55. The van der Waals surface area contributed by atoms with Gasteiger partial charge >= 0.3 is 0 Å². The molecule has 1 aliphatic rings. The third-order valence-corrected chi connectivity index (χ3v) is 2.15. The van der Waals surface area contributed by atoms with E-state index in [4.69, 9.17) is 16.6 Å². The van der Waals surface area contributed by atoms with Gasteiger partial charge in [0.25, 0.3) is 0 Å². The van der Waals surface area contributed by atoms with Crippen LogP contribution in [0.15, 0.2) is 0 Å². The Morgan fingerprint density at radius 3 is 2.55 bits per heavy atom. The van der Waals surface area contributed by atoms with E-state index in [2.05, 4.69) is 0 Å². The summed E-state index contributed by atoms with van der Waals surface area (Å²) in [5, 5.41) is 15.0. The lowest BCUT2D eigenvalue weighted by Gasteiger charge is -2.34. The van der Waals surface area contributed by atoms with Crippen molar-refractivity contribution in [3.63, 3.8) is 0 Å². The number of likely N-dealkylation sites (tertiary alicyclic amines) is 1. The second-order valence-corrected chi connectivity index (χ2v) is 3.07. The number of nitrogens with two attached hydrogens (primary N) is 1.